The van der Waals surface area contributed by atoms with E-state index in [2.05, 4.69) is 16.8 Å². The minimum absolute atomic E-state index is 0.459. The van der Waals surface area contributed by atoms with Gasteiger partial charge < -0.3 is 4.90 Å². The molecule has 2 heterocycles. The van der Waals surface area contributed by atoms with Crippen molar-refractivity contribution in [1.29, 1.82) is 0 Å². The molecular weight excluding hydrogens is 251 g/mol. The van der Waals surface area contributed by atoms with Crippen molar-refractivity contribution >= 4 is 39.7 Å². The lowest BCUT2D eigenvalue weighted by Gasteiger charge is -2.29. The Balaban J connectivity index is 2.09. The summed E-state index contributed by atoms with van der Waals surface area (Å²) in [6.45, 7) is 4.48. The summed E-state index contributed by atoms with van der Waals surface area (Å²) in [6.07, 6.45) is 2.49. The Hall–Kier alpha value is 0.01000. The lowest BCUT2D eigenvalue weighted by Crippen LogP contribution is -2.32. The van der Waals surface area contributed by atoms with E-state index < -0.39 is 0 Å². The van der Waals surface area contributed by atoms with E-state index in [1.165, 1.54) is 12.8 Å². The first-order valence-electron chi connectivity index (χ1n) is 5.17. The van der Waals surface area contributed by atoms with Crippen molar-refractivity contribution in [3.8, 4) is 0 Å². The van der Waals surface area contributed by atoms with Crippen molar-refractivity contribution in [2.75, 3.05) is 18.0 Å². The van der Waals surface area contributed by atoms with Crippen LogP contribution in [0.1, 0.15) is 24.6 Å². The van der Waals surface area contributed by atoms with Crippen LogP contribution in [-0.4, -0.2) is 18.1 Å². The highest BCUT2D eigenvalue weighted by molar-refractivity contribution is 7.16. The number of nitrogens with zero attached hydrogens (tertiary/aromatic N) is 2. The Morgan fingerprint density at radius 3 is 2.67 bits per heavy atom. The normalized spacial score (nSPS) is 18.5. The molecule has 0 amide bonds. The fourth-order valence-electron chi connectivity index (χ4n) is 1.74. The van der Waals surface area contributed by atoms with Gasteiger partial charge in [0.2, 0.25) is 0 Å². The maximum Gasteiger partial charge on any atom is 0.187 e. The van der Waals surface area contributed by atoms with Crippen molar-refractivity contribution in [3.63, 3.8) is 0 Å². The molecule has 1 fully saturated rings. The maximum atomic E-state index is 5.98. The second-order valence-corrected chi connectivity index (χ2v) is 5.70. The van der Waals surface area contributed by atoms with Gasteiger partial charge in [-0.25, -0.2) is 4.98 Å². The summed E-state index contributed by atoms with van der Waals surface area (Å²) >= 11 is 13.4. The van der Waals surface area contributed by atoms with Gasteiger partial charge in [-0.3, -0.25) is 0 Å². The third kappa shape index (κ3) is 2.58. The lowest BCUT2D eigenvalue weighted by molar-refractivity contribution is 0.438. The topological polar surface area (TPSA) is 16.1 Å². The molecule has 0 atom stereocenters. The summed E-state index contributed by atoms with van der Waals surface area (Å²) < 4.78 is 0. The number of hydrogen-bond acceptors (Lipinski definition) is 3. The molecule has 0 bridgehead atoms. The molecule has 15 heavy (non-hydrogen) atoms. The van der Waals surface area contributed by atoms with Crippen LogP contribution in [0, 0.1) is 5.92 Å². The summed E-state index contributed by atoms with van der Waals surface area (Å²) in [6, 6.07) is 0. The Bertz CT molecular complexity index is 332. The highest BCUT2D eigenvalue weighted by atomic mass is 35.5. The van der Waals surface area contributed by atoms with E-state index in [1.807, 2.05) is 0 Å². The lowest BCUT2D eigenvalue weighted by atomic mass is 10.00. The predicted octanol–water partition coefficient (Wildman–Crippen LogP) is 3.77. The number of halogens is 2. The fraction of sp³-hybridized carbons (Fsp3) is 0.700. The molecule has 1 saturated heterocycles. The second kappa shape index (κ2) is 4.89. The molecule has 84 valence electrons. The first-order chi connectivity index (χ1) is 7.20. The van der Waals surface area contributed by atoms with Crippen molar-refractivity contribution in [3.05, 3.63) is 10.0 Å². The molecule has 0 aliphatic carbocycles. The van der Waals surface area contributed by atoms with E-state index >= 15 is 0 Å². The first kappa shape index (κ1) is 11.5. The van der Waals surface area contributed by atoms with Gasteiger partial charge in [0.1, 0.15) is 5.15 Å². The smallest absolute Gasteiger partial charge is 0.187 e. The van der Waals surface area contributed by atoms with Gasteiger partial charge in [-0.05, 0) is 18.8 Å². The van der Waals surface area contributed by atoms with Gasteiger partial charge in [0.15, 0.2) is 5.13 Å². The Morgan fingerprint density at radius 2 is 2.13 bits per heavy atom. The predicted molar refractivity (Wildman–Crippen MR) is 67.3 cm³/mol. The number of piperidine rings is 1. The molecule has 0 radical (unpaired) electrons. The Morgan fingerprint density at radius 1 is 1.47 bits per heavy atom. The molecule has 5 heteroatoms. The van der Waals surface area contributed by atoms with Gasteiger partial charge in [-0.15, -0.1) is 11.6 Å². The van der Waals surface area contributed by atoms with Crippen LogP contribution in [-0.2, 0) is 5.88 Å². The van der Waals surface area contributed by atoms with E-state index in [0.717, 1.165) is 29.0 Å². The van der Waals surface area contributed by atoms with Gasteiger partial charge >= 0.3 is 0 Å². The Labute approximate surface area is 104 Å². The van der Waals surface area contributed by atoms with E-state index in [0.29, 0.717) is 11.0 Å². The third-order valence-corrected chi connectivity index (χ3v) is 4.78. The minimum Gasteiger partial charge on any atom is -0.348 e. The zero-order valence-corrected chi connectivity index (χ0v) is 11.0. The molecule has 1 aliphatic heterocycles. The zero-order chi connectivity index (χ0) is 10.8. The van der Waals surface area contributed by atoms with Crippen LogP contribution in [0.4, 0.5) is 5.13 Å². The molecule has 0 unspecified atom stereocenters. The average molecular weight is 265 g/mol. The summed E-state index contributed by atoms with van der Waals surface area (Å²) in [5.74, 6) is 1.30. The van der Waals surface area contributed by atoms with Crippen molar-refractivity contribution < 1.29 is 0 Å². The first-order valence-corrected chi connectivity index (χ1v) is 6.89. The fourth-order valence-corrected chi connectivity index (χ4v) is 3.26. The van der Waals surface area contributed by atoms with E-state index in [1.54, 1.807) is 11.3 Å². The minimum atomic E-state index is 0.459. The van der Waals surface area contributed by atoms with E-state index in [9.17, 15) is 0 Å². The number of aromatic nitrogens is 1. The SMILES string of the molecule is CC1CCN(c2nc(Cl)c(CCl)s2)CC1. The number of hydrogen-bond donors (Lipinski definition) is 0. The highest BCUT2D eigenvalue weighted by Crippen LogP contribution is 2.32. The molecule has 0 spiro atoms. The van der Waals surface area contributed by atoms with Crippen LogP contribution in [0.2, 0.25) is 5.15 Å². The molecule has 2 rings (SSSR count). The molecule has 0 N–H and O–H groups in total. The van der Waals surface area contributed by atoms with Crippen molar-refractivity contribution in [1.82, 2.24) is 4.98 Å². The summed E-state index contributed by atoms with van der Waals surface area (Å²) in [5.41, 5.74) is 0. The summed E-state index contributed by atoms with van der Waals surface area (Å²) in [7, 11) is 0. The number of rotatable bonds is 2. The quantitative estimate of drug-likeness (QED) is 0.757. The maximum absolute atomic E-state index is 5.98. The van der Waals surface area contributed by atoms with Gasteiger partial charge in [0, 0.05) is 13.1 Å². The van der Waals surface area contributed by atoms with Crippen LogP contribution in [0.3, 0.4) is 0 Å². The molecule has 1 aromatic rings. The summed E-state index contributed by atoms with van der Waals surface area (Å²) in [5, 5.41) is 1.60. The molecule has 2 nitrogen and oxygen atoms in total. The van der Waals surface area contributed by atoms with Crippen molar-refractivity contribution in [2.24, 2.45) is 5.92 Å². The number of anilines is 1. The monoisotopic (exact) mass is 264 g/mol. The average Bonchev–Trinajstić information content (AvgIpc) is 2.61. The standard InChI is InChI=1S/C10H14Cl2N2S/c1-7-2-4-14(5-3-7)10-13-9(12)8(6-11)15-10/h7H,2-6H2,1H3. The van der Waals surface area contributed by atoms with Gasteiger partial charge in [-0.2, -0.15) is 0 Å². The second-order valence-electron chi connectivity index (χ2n) is 4.01. The van der Waals surface area contributed by atoms with Crippen LogP contribution >= 0.6 is 34.5 Å². The van der Waals surface area contributed by atoms with Crippen LogP contribution in [0.5, 0.6) is 0 Å². The highest BCUT2D eigenvalue weighted by Gasteiger charge is 2.19. The van der Waals surface area contributed by atoms with Gasteiger partial charge in [-0.1, -0.05) is 29.9 Å². The largest absolute Gasteiger partial charge is 0.348 e. The zero-order valence-electron chi connectivity index (χ0n) is 8.67. The van der Waals surface area contributed by atoms with E-state index in [-0.39, 0.29) is 0 Å². The Kier molecular flexibility index (Phi) is 3.75. The van der Waals surface area contributed by atoms with Gasteiger partial charge in [0.25, 0.3) is 0 Å². The van der Waals surface area contributed by atoms with Crippen LogP contribution in [0.15, 0.2) is 0 Å². The number of thiazole rings is 1. The van der Waals surface area contributed by atoms with Crippen molar-refractivity contribution in [2.45, 2.75) is 25.6 Å². The summed E-state index contributed by atoms with van der Waals surface area (Å²) in [4.78, 5) is 7.65. The van der Waals surface area contributed by atoms with E-state index in [4.69, 9.17) is 23.2 Å². The molecule has 0 saturated carbocycles. The van der Waals surface area contributed by atoms with Gasteiger partial charge in [0.05, 0.1) is 10.8 Å². The van der Waals surface area contributed by atoms with Crippen LogP contribution in [0.25, 0.3) is 0 Å². The molecule has 1 aromatic heterocycles. The molecular formula is C10H14Cl2N2S. The van der Waals surface area contributed by atoms with Crippen LogP contribution < -0.4 is 4.90 Å². The number of alkyl halides is 1. The molecule has 0 aromatic carbocycles. The molecule has 1 aliphatic rings. The third-order valence-electron chi connectivity index (χ3n) is 2.81.